The highest BCUT2D eigenvalue weighted by Gasteiger charge is 2.23. The first-order valence-corrected chi connectivity index (χ1v) is 10.8. The molecule has 30 heavy (non-hydrogen) atoms. The number of phenols is 1. The number of pyridine rings is 1. The molecule has 9 heteroatoms. The lowest BCUT2D eigenvalue weighted by atomic mass is 10.1. The summed E-state index contributed by atoms with van der Waals surface area (Å²) < 4.78 is 6.18. The summed E-state index contributed by atoms with van der Waals surface area (Å²) in [5.41, 5.74) is 1.36. The molecule has 0 unspecified atom stereocenters. The number of nitrogens with zero attached hydrogens (tertiary/aromatic N) is 5. The maximum Gasteiger partial charge on any atom is 0.225 e. The minimum absolute atomic E-state index is 0.0100. The lowest BCUT2D eigenvalue weighted by molar-refractivity contribution is 0.195. The number of nitrogens with one attached hydrogen (secondary N) is 1. The van der Waals surface area contributed by atoms with Gasteiger partial charge in [-0.25, -0.2) is 15.0 Å². The van der Waals surface area contributed by atoms with Crippen LogP contribution < -0.4 is 15.0 Å². The van der Waals surface area contributed by atoms with E-state index in [1.807, 2.05) is 0 Å². The second-order valence-electron chi connectivity index (χ2n) is 7.99. The number of aromatic nitrogens is 3. The van der Waals surface area contributed by atoms with Crippen molar-refractivity contribution in [2.75, 3.05) is 51.3 Å². The molecule has 5 rings (SSSR count). The van der Waals surface area contributed by atoms with Crippen LogP contribution in [0.3, 0.4) is 0 Å². The summed E-state index contributed by atoms with van der Waals surface area (Å²) in [5.74, 6) is 1.19. The minimum atomic E-state index is 0.0100. The van der Waals surface area contributed by atoms with Gasteiger partial charge in [0.15, 0.2) is 0 Å². The molecular formula is C21H25ClN6O2. The number of piperazine rings is 1. The molecule has 2 aliphatic rings. The van der Waals surface area contributed by atoms with Crippen molar-refractivity contribution in [1.29, 1.82) is 0 Å². The highest BCUT2D eigenvalue weighted by atomic mass is 35.5. The summed E-state index contributed by atoms with van der Waals surface area (Å²) in [7, 11) is 2.12. The third-order valence-electron chi connectivity index (χ3n) is 6.03. The average molecular weight is 429 g/mol. The summed E-state index contributed by atoms with van der Waals surface area (Å²) in [6.07, 6.45) is 4.08. The molecule has 0 aliphatic carbocycles. The fourth-order valence-electron chi connectivity index (χ4n) is 4.23. The zero-order chi connectivity index (χ0) is 20.7. The number of hydrogen-bond acceptors (Lipinski definition) is 8. The summed E-state index contributed by atoms with van der Waals surface area (Å²) in [4.78, 5) is 18.6. The second-order valence-corrected chi connectivity index (χ2v) is 8.40. The maximum absolute atomic E-state index is 10.2. The molecule has 158 valence electrons. The van der Waals surface area contributed by atoms with Crippen LogP contribution in [-0.4, -0.2) is 77.4 Å². The van der Waals surface area contributed by atoms with Crippen LogP contribution in [0.4, 0.5) is 5.95 Å². The van der Waals surface area contributed by atoms with Crippen LogP contribution in [0.15, 0.2) is 18.3 Å². The minimum Gasteiger partial charge on any atom is -0.506 e. The Morgan fingerprint density at radius 3 is 2.80 bits per heavy atom. The van der Waals surface area contributed by atoms with E-state index >= 15 is 0 Å². The van der Waals surface area contributed by atoms with Gasteiger partial charge in [-0.15, -0.1) is 0 Å². The van der Waals surface area contributed by atoms with Gasteiger partial charge in [0.05, 0.1) is 21.4 Å². The van der Waals surface area contributed by atoms with E-state index in [2.05, 4.69) is 27.1 Å². The lowest BCUT2D eigenvalue weighted by Gasteiger charge is -2.27. The SMILES string of the molecule is CN1CCC[C@H]1COc1nc2cc(Cl)c(O)cc2c2nc(N3CCNCC3)ncc12. The maximum atomic E-state index is 10.2. The summed E-state index contributed by atoms with van der Waals surface area (Å²) in [6, 6.07) is 3.66. The number of benzene rings is 1. The van der Waals surface area contributed by atoms with Gasteiger partial charge >= 0.3 is 0 Å². The Bertz CT molecular complexity index is 1090. The Labute approximate surface area is 179 Å². The van der Waals surface area contributed by atoms with Crippen LogP contribution in [0, 0.1) is 0 Å². The van der Waals surface area contributed by atoms with Crippen molar-refractivity contribution >= 4 is 39.4 Å². The van der Waals surface area contributed by atoms with E-state index in [0.717, 1.165) is 49.9 Å². The van der Waals surface area contributed by atoms with E-state index in [-0.39, 0.29) is 10.8 Å². The largest absolute Gasteiger partial charge is 0.506 e. The van der Waals surface area contributed by atoms with Crippen molar-refractivity contribution in [2.45, 2.75) is 18.9 Å². The van der Waals surface area contributed by atoms with E-state index in [0.29, 0.717) is 35.5 Å². The van der Waals surface area contributed by atoms with Crippen molar-refractivity contribution in [3.8, 4) is 11.6 Å². The Hall–Kier alpha value is -2.42. The smallest absolute Gasteiger partial charge is 0.225 e. The number of rotatable bonds is 4. The van der Waals surface area contributed by atoms with Crippen LogP contribution in [0.5, 0.6) is 11.6 Å². The molecule has 1 atom stereocenters. The molecule has 2 fully saturated rings. The first-order valence-electron chi connectivity index (χ1n) is 10.4. The van der Waals surface area contributed by atoms with E-state index in [1.54, 1.807) is 18.3 Å². The predicted octanol–water partition coefficient (Wildman–Crippen LogP) is 2.42. The first kappa shape index (κ1) is 19.5. The number of halogens is 1. The lowest BCUT2D eigenvalue weighted by Crippen LogP contribution is -2.44. The standard InChI is InChI=1S/C21H25ClN6O2/c1-27-6-2-3-13(27)12-30-20-15-11-24-21(28-7-4-23-5-8-28)26-19(15)14-9-18(29)16(22)10-17(14)25-20/h9-11,13,23,29H,2-8,12H2,1H3/t13-/m0/s1. The van der Waals surface area contributed by atoms with Crippen LogP contribution in [0.2, 0.25) is 5.02 Å². The topological polar surface area (TPSA) is 86.6 Å². The van der Waals surface area contributed by atoms with E-state index < -0.39 is 0 Å². The normalized spacial score (nSPS) is 20.3. The molecule has 8 nitrogen and oxygen atoms in total. The number of likely N-dealkylation sites (N-methyl/N-ethyl adjacent to an activating group) is 1. The molecule has 0 amide bonds. The highest BCUT2D eigenvalue weighted by molar-refractivity contribution is 6.33. The van der Waals surface area contributed by atoms with Crippen LogP contribution in [0.25, 0.3) is 21.8 Å². The van der Waals surface area contributed by atoms with Gasteiger partial charge in [-0.1, -0.05) is 11.6 Å². The zero-order valence-corrected chi connectivity index (χ0v) is 17.7. The van der Waals surface area contributed by atoms with Crippen LogP contribution >= 0.6 is 11.6 Å². The third kappa shape index (κ3) is 3.59. The molecule has 0 radical (unpaired) electrons. The van der Waals surface area contributed by atoms with Crippen molar-refractivity contribution < 1.29 is 9.84 Å². The van der Waals surface area contributed by atoms with Crippen molar-refractivity contribution in [3.63, 3.8) is 0 Å². The molecule has 2 aromatic heterocycles. The van der Waals surface area contributed by atoms with Crippen molar-refractivity contribution in [3.05, 3.63) is 23.4 Å². The highest BCUT2D eigenvalue weighted by Crippen LogP contribution is 2.35. The molecule has 0 bridgehead atoms. The van der Waals surface area contributed by atoms with Gasteiger partial charge in [-0.2, -0.15) is 0 Å². The van der Waals surface area contributed by atoms with Gasteiger partial charge in [0.1, 0.15) is 12.4 Å². The van der Waals surface area contributed by atoms with Gasteiger partial charge in [0.25, 0.3) is 0 Å². The molecule has 0 saturated carbocycles. The fraction of sp³-hybridized carbons (Fsp3) is 0.476. The molecule has 4 heterocycles. The van der Waals surface area contributed by atoms with Gasteiger partial charge < -0.3 is 25.0 Å². The van der Waals surface area contributed by atoms with E-state index in [4.69, 9.17) is 26.3 Å². The Kier molecular flexibility index (Phi) is 5.22. The quantitative estimate of drug-likeness (QED) is 0.613. The van der Waals surface area contributed by atoms with Gasteiger partial charge in [0, 0.05) is 43.8 Å². The summed E-state index contributed by atoms with van der Waals surface area (Å²) in [6.45, 7) is 5.16. The van der Waals surface area contributed by atoms with Gasteiger partial charge in [0.2, 0.25) is 11.8 Å². The fourth-order valence-corrected chi connectivity index (χ4v) is 4.39. The van der Waals surface area contributed by atoms with Gasteiger partial charge in [-0.3, -0.25) is 0 Å². The first-order chi connectivity index (χ1) is 14.6. The average Bonchev–Trinajstić information content (AvgIpc) is 3.18. The number of ether oxygens (including phenoxy) is 1. The second kappa shape index (κ2) is 8.02. The summed E-state index contributed by atoms with van der Waals surface area (Å²) in [5, 5.41) is 15.3. The molecule has 2 N–H and O–H groups in total. The number of phenolic OH excluding ortho intramolecular Hbond substituents is 1. The molecule has 2 saturated heterocycles. The molecule has 0 spiro atoms. The number of fused-ring (bicyclic) bond motifs is 3. The number of anilines is 1. The predicted molar refractivity (Wildman–Crippen MR) is 118 cm³/mol. The number of hydrogen-bond donors (Lipinski definition) is 2. The Morgan fingerprint density at radius 2 is 2.03 bits per heavy atom. The van der Waals surface area contributed by atoms with Gasteiger partial charge in [-0.05, 0) is 38.6 Å². The summed E-state index contributed by atoms with van der Waals surface area (Å²) >= 11 is 6.16. The molecule has 3 aromatic rings. The Morgan fingerprint density at radius 1 is 1.20 bits per heavy atom. The molecular weight excluding hydrogens is 404 g/mol. The zero-order valence-electron chi connectivity index (χ0n) is 16.9. The Balaban J connectivity index is 1.60. The monoisotopic (exact) mass is 428 g/mol. The third-order valence-corrected chi connectivity index (χ3v) is 6.34. The number of aromatic hydroxyl groups is 1. The van der Waals surface area contributed by atoms with Crippen molar-refractivity contribution in [1.82, 2.24) is 25.2 Å². The van der Waals surface area contributed by atoms with E-state index in [1.165, 1.54) is 6.42 Å². The molecule has 1 aromatic carbocycles. The molecule has 2 aliphatic heterocycles. The van der Waals surface area contributed by atoms with Crippen molar-refractivity contribution in [2.24, 2.45) is 0 Å². The van der Waals surface area contributed by atoms with Crippen LogP contribution in [-0.2, 0) is 0 Å². The number of likely N-dealkylation sites (tertiary alicyclic amines) is 1. The van der Waals surface area contributed by atoms with Crippen LogP contribution in [0.1, 0.15) is 12.8 Å². The van der Waals surface area contributed by atoms with E-state index in [9.17, 15) is 5.11 Å².